The van der Waals surface area contributed by atoms with Gasteiger partial charge >= 0.3 is 0 Å². The number of rotatable bonds is 4. The third-order valence-corrected chi connectivity index (χ3v) is 3.98. The molecule has 3 aromatic rings. The summed E-state index contributed by atoms with van der Waals surface area (Å²) in [7, 11) is 0. The van der Waals surface area contributed by atoms with Crippen molar-refractivity contribution in [2.45, 2.75) is 13.5 Å². The highest BCUT2D eigenvalue weighted by Crippen LogP contribution is 2.25. The van der Waals surface area contributed by atoms with Gasteiger partial charge in [0.25, 0.3) is 0 Å². The second-order valence-corrected chi connectivity index (χ2v) is 6.14. The van der Waals surface area contributed by atoms with Crippen molar-refractivity contribution in [2.24, 2.45) is 0 Å². The lowest BCUT2D eigenvalue weighted by molar-refractivity contribution is 0.515. The molecule has 0 saturated heterocycles. The van der Waals surface area contributed by atoms with Crippen molar-refractivity contribution >= 4 is 33.2 Å². The minimum absolute atomic E-state index is 0.454. The first kappa shape index (κ1) is 15.1. The molecule has 1 aromatic heterocycles. The normalized spacial score (nSPS) is 10.7. The maximum absolute atomic E-state index is 5.97. The average molecular weight is 379 g/mol. The largest absolute Gasteiger partial charge is 0.419 e. The minimum Gasteiger partial charge on any atom is -0.419 e. The number of nitrogens with zero attached hydrogens (tertiary/aromatic N) is 2. The highest BCUT2D eigenvalue weighted by Gasteiger charge is 2.09. The van der Waals surface area contributed by atoms with Crippen LogP contribution >= 0.6 is 27.5 Å². The molecule has 0 unspecified atom stereocenters. The van der Waals surface area contributed by atoms with E-state index in [1.165, 1.54) is 5.56 Å². The molecule has 0 atom stereocenters. The fourth-order valence-electron chi connectivity index (χ4n) is 2.00. The van der Waals surface area contributed by atoms with E-state index in [1.807, 2.05) is 37.3 Å². The lowest BCUT2D eigenvalue weighted by Gasteiger charge is -2.06. The first-order valence-electron chi connectivity index (χ1n) is 6.70. The van der Waals surface area contributed by atoms with Gasteiger partial charge in [-0.15, -0.1) is 10.2 Å². The zero-order chi connectivity index (χ0) is 15.5. The molecule has 0 aliphatic carbocycles. The zero-order valence-corrected chi connectivity index (χ0v) is 14.1. The van der Waals surface area contributed by atoms with E-state index in [0.717, 1.165) is 15.7 Å². The van der Waals surface area contributed by atoms with Gasteiger partial charge in [0, 0.05) is 20.7 Å². The van der Waals surface area contributed by atoms with Gasteiger partial charge in [-0.25, -0.2) is 0 Å². The van der Waals surface area contributed by atoms with E-state index < -0.39 is 0 Å². The highest BCUT2D eigenvalue weighted by molar-refractivity contribution is 9.10. The molecule has 0 aliphatic heterocycles. The smallest absolute Gasteiger partial charge is 0.247 e. The van der Waals surface area contributed by atoms with Crippen molar-refractivity contribution in [3.63, 3.8) is 0 Å². The van der Waals surface area contributed by atoms with Crippen LogP contribution in [0.15, 0.2) is 51.4 Å². The van der Waals surface area contributed by atoms with Crippen molar-refractivity contribution in [1.29, 1.82) is 0 Å². The quantitative estimate of drug-likeness (QED) is 0.688. The van der Waals surface area contributed by atoms with Crippen LogP contribution in [0.1, 0.15) is 11.5 Å². The molecule has 0 fully saturated rings. The maximum atomic E-state index is 5.97. The Bertz CT molecular complexity index is 804. The monoisotopic (exact) mass is 377 g/mol. The van der Waals surface area contributed by atoms with E-state index in [-0.39, 0.29) is 0 Å². The molecule has 0 amide bonds. The zero-order valence-electron chi connectivity index (χ0n) is 11.8. The molecule has 0 aliphatic rings. The Labute approximate surface area is 141 Å². The van der Waals surface area contributed by atoms with Crippen LogP contribution in [0.25, 0.3) is 11.5 Å². The molecule has 3 rings (SSSR count). The third kappa shape index (κ3) is 3.48. The average Bonchev–Trinajstić information content (AvgIpc) is 2.95. The predicted molar refractivity (Wildman–Crippen MR) is 90.9 cm³/mol. The first-order chi connectivity index (χ1) is 10.6. The van der Waals surface area contributed by atoms with Gasteiger partial charge in [0.1, 0.15) is 0 Å². The van der Waals surface area contributed by atoms with Crippen LogP contribution in [-0.2, 0) is 6.54 Å². The van der Waals surface area contributed by atoms with Gasteiger partial charge < -0.3 is 9.73 Å². The fourth-order valence-corrected chi connectivity index (χ4v) is 2.82. The van der Waals surface area contributed by atoms with Crippen molar-refractivity contribution in [2.75, 3.05) is 5.32 Å². The lowest BCUT2D eigenvalue weighted by atomic mass is 10.2. The molecule has 6 heteroatoms. The van der Waals surface area contributed by atoms with Crippen LogP contribution in [0.4, 0.5) is 5.69 Å². The van der Waals surface area contributed by atoms with E-state index >= 15 is 0 Å². The Morgan fingerprint density at radius 1 is 1.18 bits per heavy atom. The fraction of sp³-hybridized carbons (Fsp3) is 0.125. The molecule has 0 spiro atoms. The summed E-state index contributed by atoms with van der Waals surface area (Å²) >= 11 is 9.49. The van der Waals surface area contributed by atoms with Crippen molar-refractivity contribution in [1.82, 2.24) is 10.2 Å². The molecule has 2 aromatic carbocycles. The van der Waals surface area contributed by atoms with Gasteiger partial charge in [0.2, 0.25) is 11.8 Å². The number of aromatic nitrogens is 2. The SMILES string of the molecule is Cc1ccc(NCc2nnc(-c3cccc(Cl)c3)o2)c(Br)c1. The highest BCUT2D eigenvalue weighted by atomic mass is 79.9. The maximum Gasteiger partial charge on any atom is 0.247 e. The van der Waals surface area contributed by atoms with Gasteiger partial charge in [0.05, 0.1) is 6.54 Å². The summed E-state index contributed by atoms with van der Waals surface area (Å²) in [4.78, 5) is 0. The Kier molecular flexibility index (Phi) is 4.45. The van der Waals surface area contributed by atoms with Crippen LogP contribution in [0.2, 0.25) is 5.02 Å². The van der Waals surface area contributed by atoms with Crippen molar-refractivity contribution in [3.8, 4) is 11.5 Å². The standard InChI is InChI=1S/C16H13BrClN3O/c1-10-5-6-14(13(17)7-10)19-9-15-20-21-16(22-15)11-3-2-4-12(18)8-11/h2-8,19H,9H2,1H3. The molecule has 0 radical (unpaired) electrons. The van der Waals surface area contributed by atoms with Gasteiger partial charge in [-0.3, -0.25) is 0 Å². The molecule has 4 nitrogen and oxygen atoms in total. The number of hydrogen-bond acceptors (Lipinski definition) is 4. The summed E-state index contributed by atoms with van der Waals surface area (Å²) in [6.07, 6.45) is 0. The van der Waals surface area contributed by atoms with E-state index in [2.05, 4.69) is 31.4 Å². The molecular formula is C16H13BrClN3O. The van der Waals surface area contributed by atoms with E-state index in [0.29, 0.717) is 23.3 Å². The summed E-state index contributed by atoms with van der Waals surface area (Å²) in [5, 5.41) is 12.0. The summed E-state index contributed by atoms with van der Waals surface area (Å²) in [5.41, 5.74) is 2.98. The predicted octanol–water partition coefficient (Wildman–Crippen LogP) is 5.07. The Morgan fingerprint density at radius 2 is 2.05 bits per heavy atom. The summed E-state index contributed by atoms with van der Waals surface area (Å²) in [6, 6.07) is 13.4. The summed E-state index contributed by atoms with van der Waals surface area (Å²) < 4.78 is 6.65. The van der Waals surface area contributed by atoms with Crippen LogP contribution in [0.3, 0.4) is 0 Å². The second kappa shape index (κ2) is 6.50. The molecule has 1 heterocycles. The number of aryl methyl sites for hydroxylation is 1. The number of nitrogens with one attached hydrogen (secondary N) is 1. The first-order valence-corrected chi connectivity index (χ1v) is 7.87. The van der Waals surface area contributed by atoms with Gasteiger partial charge in [0.15, 0.2) is 0 Å². The van der Waals surface area contributed by atoms with Gasteiger partial charge in [-0.2, -0.15) is 0 Å². The topological polar surface area (TPSA) is 51.0 Å². The number of anilines is 1. The third-order valence-electron chi connectivity index (χ3n) is 3.09. The molecule has 22 heavy (non-hydrogen) atoms. The second-order valence-electron chi connectivity index (χ2n) is 4.85. The summed E-state index contributed by atoms with van der Waals surface area (Å²) in [5.74, 6) is 0.977. The van der Waals surface area contributed by atoms with Crippen LogP contribution < -0.4 is 5.32 Å². The van der Waals surface area contributed by atoms with Gasteiger partial charge in [-0.05, 0) is 58.7 Å². The molecular weight excluding hydrogens is 366 g/mol. The number of halogens is 2. The molecule has 0 saturated carbocycles. The van der Waals surface area contributed by atoms with Gasteiger partial charge in [-0.1, -0.05) is 23.7 Å². The number of hydrogen-bond donors (Lipinski definition) is 1. The van der Waals surface area contributed by atoms with E-state index in [4.69, 9.17) is 16.0 Å². The van der Waals surface area contributed by atoms with Crippen molar-refractivity contribution in [3.05, 3.63) is 63.4 Å². The van der Waals surface area contributed by atoms with Crippen LogP contribution in [0, 0.1) is 6.92 Å². The molecule has 1 N–H and O–H groups in total. The van der Waals surface area contributed by atoms with E-state index in [9.17, 15) is 0 Å². The van der Waals surface area contributed by atoms with Crippen molar-refractivity contribution < 1.29 is 4.42 Å². The Hall–Kier alpha value is -1.85. The lowest BCUT2D eigenvalue weighted by Crippen LogP contribution is -2.00. The molecule has 0 bridgehead atoms. The van der Waals surface area contributed by atoms with E-state index in [1.54, 1.807) is 12.1 Å². The minimum atomic E-state index is 0.454. The summed E-state index contributed by atoms with van der Waals surface area (Å²) in [6.45, 7) is 2.50. The Balaban J connectivity index is 1.72. The Morgan fingerprint density at radius 3 is 2.82 bits per heavy atom. The van der Waals surface area contributed by atoms with Crippen LogP contribution in [0.5, 0.6) is 0 Å². The van der Waals surface area contributed by atoms with Crippen LogP contribution in [-0.4, -0.2) is 10.2 Å². The number of benzene rings is 2. The molecule has 112 valence electrons.